The lowest BCUT2D eigenvalue weighted by atomic mass is 10.1. The van der Waals surface area contributed by atoms with Gasteiger partial charge in [0.1, 0.15) is 5.75 Å². The second kappa shape index (κ2) is 9.19. The molecule has 3 rings (SSSR count). The van der Waals surface area contributed by atoms with Gasteiger partial charge in [-0.05, 0) is 23.6 Å². The number of nitrogens with one attached hydrogen (secondary N) is 1. The summed E-state index contributed by atoms with van der Waals surface area (Å²) in [5, 5.41) is 3.45. The molecule has 28 heavy (non-hydrogen) atoms. The van der Waals surface area contributed by atoms with Crippen molar-refractivity contribution in [3.05, 3.63) is 45.4 Å². The number of nitrogens with zero attached hydrogens (tertiary/aromatic N) is 2. The van der Waals surface area contributed by atoms with Crippen LogP contribution in [0.2, 0.25) is 0 Å². The van der Waals surface area contributed by atoms with Gasteiger partial charge in [0.05, 0.1) is 19.2 Å². The lowest BCUT2D eigenvalue weighted by Gasteiger charge is -2.20. The van der Waals surface area contributed by atoms with Crippen molar-refractivity contribution < 1.29 is 14.3 Å². The van der Waals surface area contributed by atoms with Crippen LogP contribution in [0, 0.1) is 5.92 Å². The van der Waals surface area contributed by atoms with Crippen LogP contribution in [0.25, 0.3) is 0 Å². The van der Waals surface area contributed by atoms with Gasteiger partial charge in [-0.1, -0.05) is 26.0 Å². The second-order valence-electron chi connectivity index (χ2n) is 7.40. The number of ether oxygens (including phenoxy) is 1. The van der Waals surface area contributed by atoms with Crippen molar-refractivity contribution in [3.8, 4) is 5.75 Å². The van der Waals surface area contributed by atoms with Crippen molar-refractivity contribution >= 4 is 23.2 Å². The molecule has 150 valence electrons. The number of rotatable bonds is 6. The maximum atomic E-state index is 12.7. The molecule has 0 saturated carbocycles. The van der Waals surface area contributed by atoms with Gasteiger partial charge in [0.15, 0.2) is 5.01 Å². The van der Waals surface area contributed by atoms with E-state index in [0.29, 0.717) is 43.4 Å². The van der Waals surface area contributed by atoms with Crippen LogP contribution in [-0.2, 0) is 24.1 Å². The van der Waals surface area contributed by atoms with Gasteiger partial charge in [-0.25, -0.2) is 4.98 Å². The van der Waals surface area contributed by atoms with Crippen molar-refractivity contribution in [2.75, 3.05) is 26.7 Å². The fourth-order valence-electron chi connectivity index (χ4n) is 3.11. The van der Waals surface area contributed by atoms with E-state index in [1.54, 1.807) is 7.11 Å². The van der Waals surface area contributed by atoms with Gasteiger partial charge in [0, 0.05) is 37.4 Å². The maximum Gasteiger partial charge on any atom is 0.280 e. The van der Waals surface area contributed by atoms with Crippen LogP contribution in [0.1, 0.15) is 39.8 Å². The van der Waals surface area contributed by atoms with Crippen molar-refractivity contribution in [2.24, 2.45) is 5.92 Å². The molecule has 2 aromatic rings. The van der Waals surface area contributed by atoms with Crippen LogP contribution in [0.3, 0.4) is 0 Å². The minimum absolute atomic E-state index is 0.0980. The van der Waals surface area contributed by atoms with Crippen molar-refractivity contribution in [2.45, 2.75) is 33.1 Å². The van der Waals surface area contributed by atoms with Crippen LogP contribution in [0.5, 0.6) is 5.75 Å². The van der Waals surface area contributed by atoms with Crippen molar-refractivity contribution in [3.63, 3.8) is 0 Å². The molecule has 2 heterocycles. The van der Waals surface area contributed by atoms with Gasteiger partial charge < -0.3 is 15.0 Å². The third-order valence-electron chi connectivity index (χ3n) is 4.74. The highest BCUT2D eigenvalue weighted by molar-refractivity contribution is 7.13. The first-order chi connectivity index (χ1) is 13.5. The number of carbonyl (C=O) groups excluding carboxylic acids is 2. The summed E-state index contributed by atoms with van der Waals surface area (Å²) in [6.45, 7) is 6.08. The first-order valence-corrected chi connectivity index (χ1v) is 10.5. The van der Waals surface area contributed by atoms with Gasteiger partial charge >= 0.3 is 0 Å². The Bertz CT molecular complexity index is 804. The number of aromatic nitrogens is 1. The molecule has 6 nitrogen and oxygen atoms in total. The Hall–Kier alpha value is -2.41. The molecule has 1 aliphatic heterocycles. The number of hydrogen-bond donors (Lipinski definition) is 1. The minimum atomic E-state index is -0.0980. The molecule has 0 bridgehead atoms. The Kier molecular flexibility index (Phi) is 6.67. The number of benzene rings is 1. The Morgan fingerprint density at radius 2 is 1.93 bits per heavy atom. The third-order valence-corrected chi connectivity index (χ3v) is 5.89. The Labute approximate surface area is 169 Å². The largest absolute Gasteiger partial charge is 0.497 e. The van der Waals surface area contributed by atoms with Crippen molar-refractivity contribution in [1.29, 1.82) is 0 Å². The molecule has 7 heteroatoms. The molecule has 0 unspecified atom stereocenters. The molecule has 0 aliphatic carbocycles. The fourth-order valence-corrected chi connectivity index (χ4v) is 4.12. The number of fused-ring (bicyclic) bond motifs is 1. The van der Waals surface area contributed by atoms with Crippen LogP contribution in [0.15, 0.2) is 24.3 Å². The zero-order valence-corrected chi connectivity index (χ0v) is 17.5. The summed E-state index contributed by atoms with van der Waals surface area (Å²) in [7, 11) is 1.63. The molecule has 2 amide bonds. The monoisotopic (exact) mass is 401 g/mol. The molecular weight excluding hydrogens is 374 g/mol. The first-order valence-electron chi connectivity index (χ1n) is 9.63. The van der Waals surface area contributed by atoms with Crippen LogP contribution < -0.4 is 10.1 Å². The highest BCUT2D eigenvalue weighted by Crippen LogP contribution is 2.23. The second-order valence-corrected chi connectivity index (χ2v) is 8.48. The van der Waals surface area contributed by atoms with E-state index >= 15 is 0 Å². The lowest BCUT2D eigenvalue weighted by molar-refractivity contribution is -0.130. The predicted molar refractivity (Wildman–Crippen MR) is 110 cm³/mol. The van der Waals surface area contributed by atoms with Gasteiger partial charge in [0.25, 0.3) is 5.91 Å². The van der Waals surface area contributed by atoms with Gasteiger partial charge in [-0.3, -0.25) is 9.59 Å². The Morgan fingerprint density at radius 1 is 1.21 bits per heavy atom. The molecule has 1 aromatic carbocycles. The van der Waals surface area contributed by atoms with E-state index in [1.165, 1.54) is 11.3 Å². The van der Waals surface area contributed by atoms with E-state index in [0.717, 1.165) is 28.3 Å². The van der Waals surface area contributed by atoms with Crippen LogP contribution in [0.4, 0.5) is 0 Å². The molecular formula is C21H27N3O3S. The topological polar surface area (TPSA) is 71.5 Å². The Balaban J connectivity index is 1.57. The SMILES string of the molecule is COc1ccc(CC(=O)N2CCc3nc(C(=O)NCC(C)C)sc3CC2)cc1. The summed E-state index contributed by atoms with van der Waals surface area (Å²) in [5.74, 6) is 1.22. The van der Waals surface area contributed by atoms with E-state index in [4.69, 9.17) is 4.74 Å². The normalized spacial score (nSPS) is 13.8. The number of carbonyl (C=O) groups is 2. The summed E-state index contributed by atoms with van der Waals surface area (Å²) < 4.78 is 5.16. The third kappa shape index (κ3) is 5.10. The molecule has 0 fully saturated rings. The quantitative estimate of drug-likeness (QED) is 0.808. The molecule has 0 radical (unpaired) electrons. The summed E-state index contributed by atoms with van der Waals surface area (Å²) >= 11 is 1.46. The zero-order valence-electron chi connectivity index (χ0n) is 16.7. The summed E-state index contributed by atoms with van der Waals surface area (Å²) in [6.07, 6.45) is 1.82. The standard InChI is InChI=1S/C21H27N3O3S/c1-14(2)13-22-20(26)21-23-17-8-10-24(11-9-18(17)28-21)19(25)12-15-4-6-16(27-3)7-5-15/h4-7,14H,8-13H2,1-3H3,(H,22,26). The number of amides is 2. The average Bonchev–Trinajstić information content (AvgIpc) is 2.99. The first kappa shape index (κ1) is 20.3. The summed E-state index contributed by atoms with van der Waals surface area (Å²) in [6, 6.07) is 7.60. The summed E-state index contributed by atoms with van der Waals surface area (Å²) in [5.41, 5.74) is 1.94. The van der Waals surface area contributed by atoms with E-state index in [9.17, 15) is 9.59 Å². The van der Waals surface area contributed by atoms with Crippen molar-refractivity contribution in [1.82, 2.24) is 15.2 Å². The van der Waals surface area contributed by atoms with E-state index in [2.05, 4.69) is 24.1 Å². The van der Waals surface area contributed by atoms with E-state index in [-0.39, 0.29) is 11.8 Å². The molecule has 0 atom stereocenters. The number of methoxy groups -OCH3 is 1. The predicted octanol–water partition coefficient (Wildman–Crippen LogP) is 2.71. The Morgan fingerprint density at radius 3 is 2.61 bits per heavy atom. The summed E-state index contributed by atoms with van der Waals surface area (Å²) in [4.78, 5) is 32.5. The molecule has 1 aliphatic rings. The zero-order chi connectivity index (χ0) is 20.1. The molecule has 1 aromatic heterocycles. The van der Waals surface area contributed by atoms with Gasteiger partial charge in [0.2, 0.25) is 5.91 Å². The maximum absolute atomic E-state index is 12.7. The highest BCUT2D eigenvalue weighted by Gasteiger charge is 2.23. The smallest absolute Gasteiger partial charge is 0.280 e. The van der Waals surface area contributed by atoms with E-state index < -0.39 is 0 Å². The molecule has 1 N–H and O–H groups in total. The van der Waals surface area contributed by atoms with Gasteiger partial charge in [-0.15, -0.1) is 11.3 Å². The molecule has 0 spiro atoms. The minimum Gasteiger partial charge on any atom is -0.497 e. The van der Waals surface area contributed by atoms with Gasteiger partial charge in [-0.2, -0.15) is 0 Å². The van der Waals surface area contributed by atoms with E-state index in [1.807, 2.05) is 29.2 Å². The van der Waals surface area contributed by atoms with Crippen LogP contribution in [-0.4, -0.2) is 48.4 Å². The molecule has 0 saturated heterocycles. The fraction of sp³-hybridized carbons (Fsp3) is 0.476. The average molecular weight is 402 g/mol. The lowest BCUT2D eigenvalue weighted by Crippen LogP contribution is -2.34. The number of thiazole rings is 1. The van der Waals surface area contributed by atoms with Crippen LogP contribution >= 0.6 is 11.3 Å². The number of hydrogen-bond acceptors (Lipinski definition) is 5. The highest BCUT2D eigenvalue weighted by atomic mass is 32.1.